The van der Waals surface area contributed by atoms with Gasteiger partial charge in [0.25, 0.3) is 0 Å². The molecule has 1 saturated heterocycles. The maximum atomic E-state index is 3.57. The van der Waals surface area contributed by atoms with Crippen molar-refractivity contribution >= 4 is 0 Å². The molecular weight excluding hydrogens is 160 g/mol. The lowest BCUT2D eigenvalue weighted by Gasteiger charge is -2.17. The van der Waals surface area contributed by atoms with E-state index >= 15 is 0 Å². The first-order valence-electron chi connectivity index (χ1n) is 5.64. The first-order chi connectivity index (χ1) is 6.20. The van der Waals surface area contributed by atoms with Gasteiger partial charge in [0.1, 0.15) is 0 Å². The Morgan fingerprint density at radius 3 is 2.31 bits per heavy atom. The second kappa shape index (κ2) is 7.34. The Balaban J connectivity index is 0.000000671. The van der Waals surface area contributed by atoms with E-state index in [2.05, 4.69) is 31.4 Å². The Bertz CT molecular complexity index is 113. The third kappa shape index (κ3) is 5.27. The van der Waals surface area contributed by atoms with Crippen LogP contribution in [0.25, 0.3) is 0 Å². The molecule has 1 aliphatic heterocycles. The number of rotatable bonds is 3. The standard InChI is InChI=1S/C9H20N2.C2H6/c1-7(2)4-11-9-6-10-5-8(9)3;1-2/h7-11H,4-6H2,1-3H3;1-2H3. The van der Waals surface area contributed by atoms with E-state index in [1.54, 1.807) is 0 Å². The summed E-state index contributed by atoms with van der Waals surface area (Å²) in [6.45, 7) is 14.3. The van der Waals surface area contributed by atoms with Gasteiger partial charge in [-0.15, -0.1) is 0 Å². The Morgan fingerprint density at radius 1 is 1.31 bits per heavy atom. The lowest BCUT2D eigenvalue weighted by Crippen LogP contribution is -2.37. The minimum Gasteiger partial charge on any atom is -0.315 e. The van der Waals surface area contributed by atoms with Crippen LogP contribution < -0.4 is 10.6 Å². The largest absolute Gasteiger partial charge is 0.315 e. The van der Waals surface area contributed by atoms with Gasteiger partial charge in [0, 0.05) is 12.6 Å². The van der Waals surface area contributed by atoms with Gasteiger partial charge in [0.2, 0.25) is 0 Å². The first-order valence-corrected chi connectivity index (χ1v) is 5.64. The van der Waals surface area contributed by atoms with Crippen LogP contribution in [0.4, 0.5) is 0 Å². The van der Waals surface area contributed by atoms with E-state index < -0.39 is 0 Å². The summed E-state index contributed by atoms with van der Waals surface area (Å²) in [5, 5.41) is 6.95. The molecule has 0 aromatic rings. The molecule has 1 rings (SSSR count). The molecule has 0 bridgehead atoms. The van der Waals surface area contributed by atoms with Gasteiger partial charge in [-0.1, -0.05) is 34.6 Å². The first kappa shape index (κ1) is 12.9. The van der Waals surface area contributed by atoms with E-state index in [0.717, 1.165) is 24.9 Å². The molecule has 2 N–H and O–H groups in total. The molecule has 0 amide bonds. The molecule has 0 aromatic heterocycles. The van der Waals surface area contributed by atoms with Gasteiger partial charge in [0.05, 0.1) is 0 Å². The van der Waals surface area contributed by atoms with Crippen LogP contribution in [-0.4, -0.2) is 25.7 Å². The highest BCUT2D eigenvalue weighted by atomic mass is 15.0. The predicted molar refractivity (Wildman–Crippen MR) is 60.0 cm³/mol. The van der Waals surface area contributed by atoms with Crippen molar-refractivity contribution in [3.05, 3.63) is 0 Å². The van der Waals surface area contributed by atoms with Gasteiger partial charge < -0.3 is 10.6 Å². The quantitative estimate of drug-likeness (QED) is 0.703. The summed E-state index contributed by atoms with van der Waals surface area (Å²) in [7, 11) is 0. The average Bonchev–Trinajstić information content (AvgIpc) is 2.51. The third-order valence-corrected chi connectivity index (χ3v) is 2.31. The molecule has 0 radical (unpaired) electrons. The van der Waals surface area contributed by atoms with Crippen molar-refractivity contribution < 1.29 is 0 Å². The second-order valence-electron chi connectivity index (χ2n) is 4.04. The van der Waals surface area contributed by atoms with E-state index in [-0.39, 0.29) is 0 Å². The van der Waals surface area contributed by atoms with E-state index in [1.807, 2.05) is 13.8 Å². The van der Waals surface area contributed by atoms with Crippen LogP contribution in [0.15, 0.2) is 0 Å². The fourth-order valence-corrected chi connectivity index (χ4v) is 1.47. The highest BCUT2D eigenvalue weighted by molar-refractivity contribution is 4.83. The van der Waals surface area contributed by atoms with Gasteiger partial charge in [-0.2, -0.15) is 0 Å². The molecule has 0 aliphatic carbocycles. The lowest BCUT2D eigenvalue weighted by molar-refractivity contribution is 0.422. The summed E-state index contributed by atoms with van der Waals surface area (Å²) in [6, 6.07) is 0.706. The van der Waals surface area contributed by atoms with Crippen LogP contribution in [0.3, 0.4) is 0 Å². The zero-order valence-corrected chi connectivity index (χ0v) is 9.85. The van der Waals surface area contributed by atoms with Gasteiger partial charge in [-0.25, -0.2) is 0 Å². The van der Waals surface area contributed by atoms with Crippen LogP contribution in [0.5, 0.6) is 0 Å². The molecule has 0 spiro atoms. The summed E-state index contributed by atoms with van der Waals surface area (Å²) >= 11 is 0. The summed E-state index contributed by atoms with van der Waals surface area (Å²) < 4.78 is 0. The smallest absolute Gasteiger partial charge is 0.0230 e. The van der Waals surface area contributed by atoms with Crippen molar-refractivity contribution in [2.75, 3.05) is 19.6 Å². The molecule has 2 nitrogen and oxygen atoms in total. The summed E-state index contributed by atoms with van der Waals surface area (Å²) in [5.74, 6) is 1.57. The van der Waals surface area contributed by atoms with Gasteiger partial charge in [-0.3, -0.25) is 0 Å². The van der Waals surface area contributed by atoms with Crippen molar-refractivity contribution in [1.29, 1.82) is 0 Å². The van der Waals surface area contributed by atoms with Crippen molar-refractivity contribution in [3.63, 3.8) is 0 Å². The molecular formula is C11H26N2. The van der Waals surface area contributed by atoms with E-state index in [4.69, 9.17) is 0 Å². The normalized spacial score (nSPS) is 27.2. The van der Waals surface area contributed by atoms with Crippen LogP contribution in [-0.2, 0) is 0 Å². The Kier molecular flexibility index (Phi) is 7.29. The molecule has 80 valence electrons. The zero-order valence-electron chi connectivity index (χ0n) is 9.85. The molecule has 2 atom stereocenters. The monoisotopic (exact) mass is 186 g/mol. The fraction of sp³-hybridized carbons (Fsp3) is 1.00. The van der Waals surface area contributed by atoms with Crippen LogP contribution in [0.1, 0.15) is 34.6 Å². The summed E-state index contributed by atoms with van der Waals surface area (Å²) in [6.07, 6.45) is 0. The summed E-state index contributed by atoms with van der Waals surface area (Å²) in [4.78, 5) is 0. The molecule has 1 fully saturated rings. The van der Waals surface area contributed by atoms with Crippen LogP contribution in [0.2, 0.25) is 0 Å². The van der Waals surface area contributed by atoms with E-state index in [9.17, 15) is 0 Å². The number of hydrogen-bond donors (Lipinski definition) is 2. The number of nitrogens with one attached hydrogen (secondary N) is 2. The Hall–Kier alpha value is -0.0800. The van der Waals surface area contributed by atoms with Crippen molar-refractivity contribution in [2.24, 2.45) is 11.8 Å². The van der Waals surface area contributed by atoms with Crippen LogP contribution >= 0.6 is 0 Å². The van der Waals surface area contributed by atoms with Crippen molar-refractivity contribution in [3.8, 4) is 0 Å². The minimum atomic E-state index is 0.706. The number of hydrogen-bond acceptors (Lipinski definition) is 2. The third-order valence-electron chi connectivity index (χ3n) is 2.31. The molecule has 1 heterocycles. The fourth-order valence-electron chi connectivity index (χ4n) is 1.47. The highest BCUT2D eigenvalue weighted by Gasteiger charge is 2.21. The Morgan fingerprint density at radius 2 is 1.92 bits per heavy atom. The van der Waals surface area contributed by atoms with Gasteiger partial charge >= 0.3 is 0 Å². The SMILES string of the molecule is CC.CC(C)CNC1CNCC1C. The van der Waals surface area contributed by atoms with Crippen molar-refractivity contribution in [1.82, 2.24) is 10.6 Å². The molecule has 2 heteroatoms. The summed E-state index contributed by atoms with van der Waals surface area (Å²) in [5.41, 5.74) is 0. The highest BCUT2D eigenvalue weighted by Crippen LogP contribution is 2.07. The Labute approximate surface area is 83.5 Å². The molecule has 0 saturated carbocycles. The van der Waals surface area contributed by atoms with E-state index in [1.165, 1.54) is 6.54 Å². The van der Waals surface area contributed by atoms with Gasteiger partial charge in [0.15, 0.2) is 0 Å². The van der Waals surface area contributed by atoms with Crippen LogP contribution in [0, 0.1) is 11.8 Å². The predicted octanol–water partition coefficient (Wildman–Crippen LogP) is 1.87. The maximum Gasteiger partial charge on any atom is 0.0230 e. The van der Waals surface area contributed by atoms with E-state index in [0.29, 0.717) is 6.04 Å². The average molecular weight is 186 g/mol. The zero-order chi connectivity index (χ0) is 10.3. The maximum absolute atomic E-state index is 3.57. The second-order valence-corrected chi connectivity index (χ2v) is 4.04. The minimum absolute atomic E-state index is 0.706. The molecule has 13 heavy (non-hydrogen) atoms. The molecule has 2 unspecified atom stereocenters. The molecule has 1 aliphatic rings. The van der Waals surface area contributed by atoms with Gasteiger partial charge in [-0.05, 0) is 24.9 Å². The van der Waals surface area contributed by atoms with Crippen molar-refractivity contribution in [2.45, 2.75) is 40.7 Å². The molecule has 0 aromatic carbocycles. The lowest BCUT2D eigenvalue weighted by atomic mass is 10.1. The topological polar surface area (TPSA) is 24.1 Å².